The Hall–Kier alpha value is -1.21. The zero-order chi connectivity index (χ0) is 17.2. The van der Waals surface area contributed by atoms with Crippen molar-refractivity contribution in [3.8, 4) is 0 Å². The van der Waals surface area contributed by atoms with Gasteiger partial charge in [-0.05, 0) is 42.7 Å². The van der Waals surface area contributed by atoms with Crippen LogP contribution in [0.4, 0.5) is 5.00 Å². The number of fused-ring (bicyclic) bond motifs is 1. The van der Waals surface area contributed by atoms with E-state index in [1.165, 1.54) is 33.7 Å². The van der Waals surface area contributed by atoms with Crippen molar-refractivity contribution in [2.75, 3.05) is 31.6 Å². The van der Waals surface area contributed by atoms with Gasteiger partial charge in [-0.15, -0.1) is 22.7 Å². The van der Waals surface area contributed by atoms with Crippen molar-refractivity contribution in [2.45, 2.75) is 38.6 Å². The molecule has 0 bridgehead atoms. The van der Waals surface area contributed by atoms with Gasteiger partial charge in [0.25, 0.3) is 0 Å². The maximum absolute atomic E-state index is 11.8. The predicted octanol–water partition coefficient (Wildman–Crippen LogP) is 2.65. The molecule has 1 amide bonds. The van der Waals surface area contributed by atoms with Crippen molar-refractivity contribution in [1.29, 1.82) is 0 Å². The van der Waals surface area contributed by atoms with E-state index in [1.807, 2.05) is 22.7 Å². The zero-order valence-corrected chi connectivity index (χ0v) is 16.2. The van der Waals surface area contributed by atoms with Gasteiger partial charge in [-0.3, -0.25) is 4.79 Å². The number of anilines is 1. The molecule has 1 fully saturated rings. The summed E-state index contributed by atoms with van der Waals surface area (Å²) in [6.07, 6.45) is 4.82. The Morgan fingerprint density at radius 1 is 1.28 bits per heavy atom. The first-order valence-electron chi connectivity index (χ1n) is 9.12. The van der Waals surface area contributed by atoms with Gasteiger partial charge in [0, 0.05) is 11.8 Å². The summed E-state index contributed by atoms with van der Waals surface area (Å²) < 4.78 is 5.61. The van der Waals surface area contributed by atoms with Crippen LogP contribution in [0.3, 0.4) is 0 Å². The zero-order valence-electron chi connectivity index (χ0n) is 14.6. The van der Waals surface area contributed by atoms with Gasteiger partial charge >= 0.3 is 0 Å². The molecule has 3 heterocycles. The van der Waals surface area contributed by atoms with E-state index in [2.05, 4.69) is 22.8 Å². The number of hydrogen-bond donors (Lipinski definition) is 2. The molecule has 1 atom stereocenters. The number of nitrogens with one attached hydrogen (secondary N) is 2. The molecule has 25 heavy (non-hydrogen) atoms. The van der Waals surface area contributed by atoms with Crippen LogP contribution in [0.25, 0.3) is 0 Å². The number of carbonyl (C=O) groups is 1. The number of ether oxygens (including phenoxy) is 1. The van der Waals surface area contributed by atoms with Gasteiger partial charge in [0.1, 0.15) is 18.1 Å². The third kappa shape index (κ3) is 3.53. The van der Waals surface area contributed by atoms with E-state index in [0.29, 0.717) is 6.04 Å². The van der Waals surface area contributed by atoms with E-state index >= 15 is 0 Å². The molecule has 4 rings (SSSR count). The number of hydrogen-bond acceptors (Lipinski definition) is 4. The summed E-state index contributed by atoms with van der Waals surface area (Å²) in [5.41, 5.74) is 2.90. The molecule has 1 saturated heterocycles. The second-order valence-corrected chi connectivity index (χ2v) is 8.94. The van der Waals surface area contributed by atoms with Crippen molar-refractivity contribution in [3.05, 3.63) is 38.4 Å². The summed E-state index contributed by atoms with van der Waals surface area (Å²) >= 11 is 3.64. The van der Waals surface area contributed by atoms with Gasteiger partial charge in [-0.25, -0.2) is 0 Å². The molecule has 1 aliphatic heterocycles. The Bertz CT molecular complexity index is 733. The number of amides is 1. The van der Waals surface area contributed by atoms with Crippen LogP contribution in [-0.4, -0.2) is 32.2 Å². The van der Waals surface area contributed by atoms with E-state index in [-0.39, 0.29) is 5.91 Å². The Kier molecular flexibility index (Phi) is 5.22. The Labute approximate surface area is 156 Å². The lowest BCUT2D eigenvalue weighted by Gasteiger charge is -2.32. The van der Waals surface area contributed by atoms with E-state index in [0.717, 1.165) is 44.1 Å². The van der Waals surface area contributed by atoms with Gasteiger partial charge in [-0.1, -0.05) is 6.07 Å². The highest BCUT2D eigenvalue weighted by Gasteiger charge is 2.36. The second kappa shape index (κ2) is 7.58. The highest BCUT2D eigenvalue weighted by atomic mass is 32.1. The van der Waals surface area contributed by atoms with Gasteiger partial charge in [0.15, 0.2) is 6.04 Å². The third-order valence-corrected chi connectivity index (χ3v) is 7.32. The van der Waals surface area contributed by atoms with Crippen molar-refractivity contribution < 1.29 is 14.4 Å². The van der Waals surface area contributed by atoms with Crippen LogP contribution in [0, 0.1) is 0 Å². The quantitative estimate of drug-likeness (QED) is 0.860. The van der Waals surface area contributed by atoms with E-state index < -0.39 is 0 Å². The summed E-state index contributed by atoms with van der Waals surface area (Å²) in [4.78, 5) is 16.3. The third-order valence-electron chi connectivity index (χ3n) is 5.16. The first kappa shape index (κ1) is 17.2. The normalized spacial score (nSPS) is 19.4. The maximum Gasteiger partial charge on any atom is 0.221 e. The van der Waals surface area contributed by atoms with Crippen molar-refractivity contribution in [2.24, 2.45) is 0 Å². The highest BCUT2D eigenvalue weighted by molar-refractivity contribution is 7.16. The summed E-state index contributed by atoms with van der Waals surface area (Å²) in [5, 5.41) is 6.40. The van der Waals surface area contributed by atoms with Crippen LogP contribution in [0.15, 0.2) is 17.5 Å². The summed E-state index contributed by atoms with van der Waals surface area (Å²) in [6.45, 7) is 5.29. The SMILES string of the molecule is CC(=O)Nc1sc2c(c1[C@H](c1cccs1)[NH+]1CCOCC1)CCCC2. The maximum atomic E-state index is 11.8. The number of thiophene rings is 2. The molecule has 6 heteroatoms. The molecule has 4 nitrogen and oxygen atoms in total. The molecule has 0 spiro atoms. The summed E-state index contributed by atoms with van der Waals surface area (Å²) in [5.74, 6) is 0.0294. The van der Waals surface area contributed by atoms with Crippen LogP contribution in [0.1, 0.15) is 46.7 Å². The van der Waals surface area contributed by atoms with Gasteiger partial charge in [0.2, 0.25) is 5.91 Å². The molecule has 2 aliphatic rings. The van der Waals surface area contributed by atoms with E-state index in [4.69, 9.17) is 4.74 Å². The number of carbonyl (C=O) groups excluding carboxylic acids is 1. The number of rotatable bonds is 4. The molecule has 0 unspecified atom stereocenters. The smallest absolute Gasteiger partial charge is 0.221 e. The van der Waals surface area contributed by atoms with E-state index in [9.17, 15) is 4.79 Å². The number of morpholine rings is 1. The number of aryl methyl sites for hydroxylation is 1. The fraction of sp³-hybridized carbons (Fsp3) is 0.526. The minimum Gasteiger partial charge on any atom is -0.370 e. The Morgan fingerprint density at radius 2 is 2.08 bits per heavy atom. The molecule has 2 aromatic rings. The molecule has 2 aromatic heterocycles. The molecule has 134 valence electrons. The first-order valence-corrected chi connectivity index (χ1v) is 10.8. The van der Waals surface area contributed by atoms with Crippen LogP contribution in [-0.2, 0) is 22.4 Å². The molecule has 2 N–H and O–H groups in total. The molecular weight excluding hydrogens is 352 g/mol. The Balaban J connectivity index is 1.82. The minimum atomic E-state index is 0.0294. The molecule has 0 radical (unpaired) electrons. The fourth-order valence-corrected chi connectivity index (χ4v) is 6.34. The number of quaternary nitrogens is 1. The Morgan fingerprint density at radius 3 is 2.80 bits per heavy atom. The summed E-state index contributed by atoms with van der Waals surface area (Å²) in [6, 6.07) is 4.70. The van der Waals surface area contributed by atoms with Gasteiger partial charge in [-0.2, -0.15) is 0 Å². The van der Waals surface area contributed by atoms with Crippen LogP contribution in [0.5, 0.6) is 0 Å². The average Bonchev–Trinajstić information content (AvgIpc) is 3.25. The largest absolute Gasteiger partial charge is 0.370 e. The van der Waals surface area contributed by atoms with Crippen LogP contribution < -0.4 is 10.2 Å². The lowest BCUT2D eigenvalue weighted by atomic mass is 9.91. The van der Waals surface area contributed by atoms with Crippen molar-refractivity contribution in [1.82, 2.24) is 0 Å². The minimum absolute atomic E-state index is 0.0294. The fourth-order valence-electron chi connectivity index (χ4n) is 4.07. The lowest BCUT2D eigenvalue weighted by Crippen LogP contribution is -3.14. The van der Waals surface area contributed by atoms with Crippen molar-refractivity contribution >= 4 is 33.6 Å². The standard InChI is InChI=1S/C19H24N2O2S2/c1-13(22)20-19-17(14-5-2-3-6-15(14)25-19)18(16-7-4-12-24-16)21-8-10-23-11-9-21/h4,7,12,18H,2-3,5-6,8-11H2,1H3,(H,20,22)/p+1/t18-/m0/s1. The monoisotopic (exact) mass is 377 g/mol. The van der Waals surface area contributed by atoms with Crippen molar-refractivity contribution in [3.63, 3.8) is 0 Å². The topological polar surface area (TPSA) is 42.8 Å². The average molecular weight is 378 g/mol. The highest BCUT2D eigenvalue weighted by Crippen LogP contribution is 2.43. The summed E-state index contributed by atoms with van der Waals surface area (Å²) in [7, 11) is 0. The van der Waals surface area contributed by atoms with Crippen LogP contribution >= 0.6 is 22.7 Å². The molecule has 1 aliphatic carbocycles. The molecule has 0 aromatic carbocycles. The van der Waals surface area contributed by atoms with Gasteiger partial charge in [0.05, 0.1) is 23.7 Å². The molecule has 0 saturated carbocycles. The second-order valence-electron chi connectivity index (χ2n) is 6.85. The lowest BCUT2D eigenvalue weighted by molar-refractivity contribution is -0.932. The van der Waals surface area contributed by atoms with E-state index in [1.54, 1.807) is 11.8 Å². The van der Waals surface area contributed by atoms with Gasteiger partial charge < -0.3 is 15.0 Å². The first-order chi connectivity index (χ1) is 12.2. The molecular formula is C19H25N2O2S2+. The predicted molar refractivity (Wildman–Crippen MR) is 103 cm³/mol. The van der Waals surface area contributed by atoms with Crippen LogP contribution in [0.2, 0.25) is 0 Å².